The van der Waals surface area contributed by atoms with Crippen LogP contribution in [0.1, 0.15) is 23.2 Å². The first kappa shape index (κ1) is 10.7. The molecule has 0 aliphatic carbocycles. The maximum Gasteiger partial charge on any atom is 0.150 e. The van der Waals surface area contributed by atoms with Crippen molar-refractivity contribution in [1.29, 1.82) is 0 Å². The summed E-state index contributed by atoms with van der Waals surface area (Å²) in [5, 5.41) is 0.542. The van der Waals surface area contributed by atoms with Crippen LogP contribution < -0.4 is 0 Å². The van der Waals surface area contributed by atoms with Crippen LogP contribution in [0.4, 0.5) is 0 Å². The Morgan fingerprint density at radius 3 is 3.13 bits per heavy atom. The lowest BCUT2D eigenvalue weighted by Crippen LogP contribution is -2.19. The monoisotopic (exact) mass is 222 g/mol. The maximum absolute atomic E-state index is 10.6. The number of rotatable bonds is 3. The van der Waals surface area contributed by atoms with Crippen molar-refractivity contribution in [2.24, 2.45) is 0 Å². The van der Waals surface area contributed by atoms with Crippen LogP contribution in [0.5, 0.6) is 0 Å². The first-order valence-corrected chi connectivity index (χ1v) is 6.06. The van der Waals surface area contributed by atoms with Gasteiger partial charge in [-0.2, -0.15) is 0 Å². The molecule has 15 heavy (non-hydrogen) atoms. The molecular formula is C12H14O2S. The summed E-state index contributed by atoms with van der Waals surface area (Å²) in [5.74, 6) is 0. The third-order valence-corrected chi connectivity index (χ3v) is 3.65. The third kappa shape index (κ3) is 3.08. The van der Waals surface area contributed by atoms with Gasteiger partial charge < -0.3 is 4.74 Å². The van der Waals surface area contributed by atoms with Gasteiger partial charge in [0, 0.05) is 22.3 Å². The molecule has 0 spiro atoms. The van der Waals surface area contributed by atoms with Crippen LogP contribution in [0, 0.1) is 0 Å². The molecule has 1 fully saturated rings. The summed E-state index contributed by atoms with van der Waals surface area (Å²) < 4.78 is 5.42. The number of aldehydes is 1. The van der Waals surface area contributed by atoms with Gasteiger partial charge in [-0.05, 0) is 25.0 Å². The average Bonchev–Trinajstić information content (AvgIpc) is 2.31. The average molecular weight is 222 g/mol. The largest absolute Gasteiger partial charge is 0.380 e. The first-order valence-electron chi connectivity index (χ1n) is 5.18. The zero-order chi connectivity index (χ0) is 10.5. The highest BCUT2D eigenvalue weighted by Gasteiger charge is 2.14. The summed E-state index contributed by atoms with van der Waals surface area (Å²) in [6.45, 7) is 1.72. The minimum atomic E-state index is 0.542. The smallest absolute Gasteiger partial charge is 0.150 e. The van der Waals surface area contributed by atoms with E-state index < -0.39 is 0 Å². The molecule has 1 heterocycles. The standard InChI is InChI=1S/C12H14O2S/c13-8-10-3-1-4-11(7-10)15-12-5-2-6-14-9-12/h1,3-4,7-8,12H,2,5-6,9H2. The highest BCUT2D eigenvalue weighted by atomic mass is 32.2. The Labute approximate surface area is 94.0 Å². The zero-order valence-corrected chi connectivity index (χ0v) is 9.33. The molecule has 0 amide bonds. The van der Waals surface area contributed by atoms with Crippen molar-refractivity contribution in [1.82, 2.24) is 0 Å². The zero-order valence-electron chi connectivity index (χ0n) is 8.52. The van der Waals surface area contributed by atoms with E-state index in [4.69, 9.17) is 4.74 Å². The lowest BCUT2D eigenvalue weighted by molar-refractivity contribution is 0.101. The van der Waals surface area contributed by atoms with Crippen molar-refractivity contribution in [2.45, 2.75) is 23.0 Å². The molecule has 1 atom stereocenters. The molecule has 1 unspecified atom stereocenters. The number of hydrogen-bond donors (Lipinski definition) is 0. The van der Waals surface area contributed by atoms with Gasteiger partial charge >= 0.3 is 0 Å². The maximum atomic E-state index is 10.6. The molecule has 0 radical (unpaired) electrons. The minimum Gasteiger partial charge on any atom is -0.380 e. The van der Waals surface area contributed by atoms with Gasteiger partial charge in [-0.1, -0.05) is 12.1 Å². The van der Waals surface area contributed by atoms with Crippen LogP contribution in [0.2, 0.25) is 0 Å². The van der Waals surface area contributed by atoms with Crippen molar-refractivity contribution in [3.8, 4) is 0 Å². The van der Waals surface area contributed by atoms with Gasteiger partial charge in [0.25, 0.3) is 0 Å². The molecule has 2 nitrogen and oxygen atoms in total. The second kappa shape index (κ2) is 5.33. The Bertz CT molecular complexity index is 332. The fraction of sp³-hybridized carbons (Fsp3) is 0.417. The molecule has 1 aromatic rings. The van der Waals surface area contributed by atoms with E-state index in [2.05, 4.69) is 0 Å². The molecule has 0 bridgehead atoms. The Balaban J connectivity index is 1.99. The van der Waals surface area contributed by atoms with E-state index in [1.807, 2.05) is 36.0 Å². The molecule has 2 rings (SSSR count). The first-order chi connectivity index (χ1) is 7.38. The van der Waals surface area contributed by atoms with Gasteiger partial charge in [0.1, 0.15) is 6.29 Å². The van der Waals surface area contributed by atoms with E-state index >= 15 is 0 Å². The van der Waals surface area contributed by atoms with Crippen LogP contribution in [0.25, 0.3) is 0 Å². The summed E-state index contributed by atoms with van der Waals surface area (Å²) in [5.41, 5.74) is 0.747. The molecule has 3 heteroatoms. The fourth-order valence-electron chi connectivity index (χ4n) is 1.66. The fourth-order valence-corrected chi connectivity index (χ4v) is 2.85. The van der Waals surface area contributed by atoms with Crippen LogP contribution >= 0.6 is 11.8 Å². The molecule has 0 saturated carbocycles. The van der Waals surface area contributed by atoms with E-state index in [9.17, 15) is 4.79 Å². The molecule has 0 N–H and O–H groups in total. The van der Waals surface area contributed by atoms with Crippen molar-refractivity contribution < 1.29 is 9.53 Å². The predicted molar refractivity (Wildman–Crippen MR) is 61.5 cm³/mol. The van der Waals surface area contributed by atoms with Gasteiger partial charge in [-0.15, -0.1) is 11.8 Å². The summed E-state index contributed by atoms with van der Waals surface area (Å²) >= 11 is 1.81. The minimum absolute atomic E-state index is 0.542. The van der Waals surface area contributed by atoms with Gasteiger partial charge in [0.15, 0.2) is 0 Å². The summed E-state index contributed by atoms with van der Waals surface area (Å²) in [6, 6.07) is 7.74. The summed E-state index contributed by atoms with van der Waals surface area (Å²) in [6.07, 6.45) is 3.24. The Morgan fingerprint density at radius 1 is 1.47 bits per heavy atom. The molecule has 1 aromatic carbocycles. The molecular weight excluding hydrogens is 208 g/mol. The Morgan fingerprint density at radius 2 is 2.40 bits per heavy atom. The number of thioether (sulfide) groups is 1. The number of benzene rings is 1. The highest BCUT2D eigenvalue weighted by molar-refractivity contribution is 8.00. The van der Waals surface area contributed by atoms with E-state index in [1.165, 1.54) is 6.42 Å². The van der Waals surface area contributed by atoms with Crippen molar-refractivity contribution in [3.63, 3.8) is 0 Å². The third-order valence-electron chi connectivity index (χ3n) is 2.42. The second-order valence-electron chi connectivity index (χ2n) is 3.65. The van der Waals surface area contributed by atoms with Gasteiger partial charge in [-0.3, -0.25) is 4.79 Å². The normalized spacial score (nSPS) is 21.2. The van der Waals surface area contributed by atoms with Gasteiger partial charge in [-0.25, -0.2) is 0 Å². The summed E-state index contributed by atoms with van der Waals surface area (Å²) in [4.78, 5) is 11.8. The van der Waals surface area contributed by atoms with E-state index in [1.54, 1.807) is 0 Å². The second-order valence-corrected chi connectivity index (χ2v) is 5.02. The Hall–Kier alpha value is -0.800. The van der Waals surface area contributed by atoms with Crippen molar-refractivity contribution in [2.75, 3.05) is 13.2 Å². The highest BCUT2D eigenvalue weighted by Crippen LogP contribution is 2.28. The molecule has 1 aliphatic rings. The number of ether oxygens (including phenoxy) is 1. The van der Waals surface area contributed by atoms with E-state index in [-0.39, 0.29) is 0 Å². The van der Waals surface area contributed by atoms with Crippen LogP contribution in [-0.2, 0) is 4.74 Å². The number of carbonyl (C=O) groups excluding carboxylic acids is 1. The Kier molecular flexibility index (Phi) is 3.80. The van der Waals surface area contributed by atoms with Crippen LogP contribution in [-0.4, -0.2) is 24.7 Å². The molecule has 1 aliphatic heterocycles. The van der Waals surface area contributed by atoms with Crippen molar-refractivity contribution >= 4 is 18.0 Å². The van der Waals surface area contributed by atoms with Gasteiger partial charge in [0.2, 0.25) is 0 Å². The molecule has 0 aromatic heterocycles. The lowest BCUT2D eigenvalue weighted by atomic mass is 10.2. The van der Waals surface area contributed by atoms with Crippen LogP contribution in [0.3, 0.4) is 0 Å². The van der Waals surface area contributed by atoms with Gasteiger partial charge in [0.05, 0.1) is 6.61 Å². The SMILES string of the molecule is O=Cc1cccc(SC2CCCOC2)c1. The van der Waals surface area contributed by atoms with E-state index in [0.29, 0.717) is 5.25 Å². The lowest BCUT2D eigenvalue weighted by Gasteiger charge is -2.21. The number of carbonyl (C=O) groups is 1. The van der Waals surface area contributed by atoms with Crippen LogP contribution in [0.15, 0.2) is 29.2 Å². The number of hydrogen-bond acceptors (Lipinski definition) is 3. The van der Waals surface area contributed by atoms with E-state index in [0.717, 1.165) is 36.4 Å². The van der Waals surface area contributed by atoms with Crippen molar-refractivity contribution in [3.05, 3.63) is 29.8 Å². The topological polar surface area (TPSA) is 26.3 Å². The predicted octanol–water partition coefficient (Wildman–Crippen LogP) is 2.77. The molecule has 1 saturated heterocycles. The quantitative estimate of drug-likeness (QED) is 0.736. The molecule has 80 valence electrons. The summed E-state index contributed by atoms with van der Waals surface area (Å²) in [7, 11) is 0.